The molecule has 0 radical (unpaired) electrons. The number of aliphatic hydroxyl groups is 1. The lowest BCUT2D eigenvalue weighted by Gasteiger charge is -2.22. The Bertz CT molecular complexity index is 382. The summed E-state index contributed by atoms with van der Waals surface area (Å²) in [6.07, 6.45) is 0. The molecule has 14 heavy (non-hydrogen) atoms. The van der Waals surface area contributed by atoms with Crippen molar-refractivity contribution >= 4 is 0 Å². The van der Waals surface area contributed by atoms with E-state index in [1.54, 1.807) is 13.0 Å². The van der Waals surface area contributed by atoms with Gasteiger partial charge in [-0.25, -0.2) is 4.39 Å². The molecular weight excluding hydrogens is 183 g/mol. The molecule has 1 rings (SSSR count). The number of nitriles is 1. The molecule has 4 heteroatoms. The van der Waals surface area contributed by atoms with Crippen molar-refractivity contribution in [2.45, 2.75) is 12.5 Å². The molecule has 0 saturated heterocycles. The van der Waals surface area contributed by atoms with Crippen molar-refractivity contribution in [1.29, 1.82) is 5.26 Å². The van der Waals surface area contributed by atoms with Crippen LogP contribution in [0.4, 0.5) is 4.39 Å². The lowest BCUT2D eigenvalue weighted by molar-refractivity contribution is 0.210. The fourth-order valence-corrected chi connectivity index (χ4v) is 1.06. The molecule has 0 aliphatic heterocycles. The van der Waals surface area contributed by atoms with Gasteiger partial charge >= 0.3 is 0 Å². The SMILES string of the molecule is C[C@](N)(CO)c1ccc(F)c(C#N)c1. The first-order valence-corrected chi connectivity index (χ1v) is 4.11. The van der Waals surface area contributed by atoms with Gasteiger partial charge < -0.3 is 10.8 Å². The minimum absolute atomic E-state index is 0.0624. The Balaban J connectivity index is 3.21. The van der Waals surface area contributed by atoms with Crippen LogP contribution in [0.1, 0.15) is 18.1 Å². The monoisotopic (exact) mass is 194 g/mol. The van der Waals surface area contributed by atoms with E-state index in [4.69, 9.17) is 16.1 Å². The summed E-state index contributed by atoms with van der Waals surface area (Å²) < 4.78 is 12.9. The van der Waals surface area contributed by atoms with Crippen molar-refractivity contribution in [3.8, 4) is 6.07 Å². The van der Waals surface area contributed by atoms with Crippen LogP contribution in [0.3, 0.4) is 0 Å². The molecule has 3 nitrogen and oxygen atoms in total. The summed E-state index contributed by atoms with van der Waals surface area (Å²) in [6, 6.07) is 5.71. The highest BCUT2D eigenvalue weighted by atomic mass is 19.1. The summed E-state index contributed by atoms with van der Waals surface area (Å²) in [4.78, 5) is 0. The number of benzene rings is 1. The number of hydrogen-bond donors (Lipinski definition) is 2. The second-order valence-corrected chi connectivity index (χ2v) is 3.38. The number of hydrogen-bond acceptors (Lipinski definition) is 3. The van der Waals surface area contributed by atoms with E-state index in [-0.39, 0.29) is 12.2 Å². The van der Waals surface area contributed by atoms with Gasteiger partial charge in [-0.2, -0.15) is 5.26 Å². The molecule has 0 aliphatic rings. The van der Waals surface area contributed by atoms with Crippen LogP contribution in [-0.4, -0.2) is 11.7 Å². The van der Waals surface area contributed by atoms with Gasteiger partial charge in [-0.15, -0.1) is 0 Å². The average molecular weight is 194 g/mol. The highest BCUT2D eigenvalue weighted by molar-refractivity contribution is 5.37. The van der Waals surface area contributed by atoms with E-state index in [0.717, 1.165) is 0 Å². The molecule has 74 valence electrons. The van der Waals surface area contributed by atoms with Crippen molar-refractivity contribution in [3.05, 3.63) is 35.1 Å². The van der Waals surface area contributed by atoms with Crippen molar-refractivity contribution in [3.63, 3.8) is 0 Å². The number of halogens is 1. The van der Waals surface area contributed by atoms with E-state index < -0.39 is 11.4 Å². The highest BCUT2D eigenvalue weighted by Crippen LogP contribution is 2.19. The molecular formula is C10H11FN2O. The minimum Gasteiger partial charge on any atom is -0.394 e. The van der Waals surface area contributed by atoms with Gasteiger partial charge in [0.05, 0.1) is 17.7 Å². The van der Waals surface area contributed by atoms with Crippen LogP contribution >= 0.6 is 0 Å². The maximum atomic E-state index is 12.9. The van der Waals surface area contributed by atoms with Crippen molar-refractivity contribution in [2.75, 3.05) is 6.61 Å². The maximum absolute atomic E-state index is 12.9. The third-order valence-electron chi connectivity index (χ3n) is 2.07. The third-order valence-corrected chi connectivity index (χ3v) is 2.07. The van der Waals surface area contributed by atoms with Crippen LogP contribution in [-0.2, 0) is 5.54 Å². The van der Waals surface area contributed by atoms with Gasteiger partial charge in [0.15, 0.2) is 0 Å². The van der Waals surface area contributed by atoms with Crippen molar-refractivity contribution in [1.82, 2.24) is 0 Å². The van der Waals surface area contributed by atoms with E-state index in [2.05, 4.69) is 0 Å². The van der Waals surface area contributed by atoms with Gasteiger partial charge in [0.1, 0.15) is 11.9 Å². The Labute approximate surface area is 81.6 Å². The first-order valence-electron chi connectivity index (χ1n) is 4.11. The zero-order valence-electron chi connectivity index (χ0n) is 7.79. The summed E-state index contributed by atoms with van der Waals surface area (Å²) >= 11 is 0. The Kier molecular flexibility index (Phi) is 2.84. The molecule has 0 fully saturated rings. The van der Waals surface area contributed by atoms with Crippen LogP contribution in [0, 0.1) is 17.1 Å². The molecule has 0 saturated carbocycles. The van der Waals surface area contributed by atoms with Crippen LogP contribution in [0.25, 0.3) is 0 Å². The molecule has 0 aromatic heterocycles. The number of nitrogens with zero attached hydrogens (tertiary/aromatic N) is 1. The first kappa shape index (κ1) is 10.6. The fraction of sp³-hybridized carbons (Fsp3) is 0.300. The number of nitrogens with two attached hydrogens (primary N) is 1. The Morgan fingerprint density at radius 1 is 1.64 bits per heavy atom. The van der Waals surface area contributed by atoms with Gasteiger partial charge in [-0.3, -0.25) is 0 Å². The van der Waals surface area contributed by atoms with Gasteiger partial charge in [-0.05, 0) is 24.6 Å². The number of aliphatic hydroxyl groups excluding tert-OH is 1. The van der Waals surface area contributed by atoms with Crippen molar-refractivity contribution < 1.29 is 9.50 Å². The third kappa shape index (κ3) is 1.90. The molecule has 1 aromatic carbocycles. The Morgan fingerprint density at radius 2 is 2.29 bits per heavy atom. The highest BCUT2D eigenvalue weighted by Gasteiger charge is 2.20. The van der Waals surface area contributed by atoms with Crippen LogP contribution in [0.5, 0.6) is 0 Å². The largest absolute Gasteiger partial charge is 0.394 e. The molecule has 0 amide bonds. The van der Waals surface area contributed by atoms with E-state index in [9.17, 15) is 4.39 Å². The van der Waals surface area contributed by atoms with Crippen LogP contribution in [0.2, 0.25) is 0 Å². The van der Waals surface area contributed by atoms with Crippen LogP contribution in [0.15, 0.2) is 18.2 Å². The lowest BCUT2D eigenvalue weighted by Crippen LogP contribution is -2.37. The molecule has 1 atom stereocenters. The molecule has 0 unspecified atom stereocenters. The first-order chi connectivity index (χ1) is 6.51. The van der Waals surface area contributed by atoms with Gasteiger partial charge in [0.2, 0.25) is 0 Å². The zero-order valence-corrected chi connectivity index (χ0v) is 7.79. The number of rotatable bonds is 2. The molecule has 3 N–H and O–H groups in total. The summed E-state index contributed by atoms with van der Waals surface area (Å²) in [5.74, 6) is -0.579. The summed E-state index contributed by atoms with van der Waals surface area (Å²) in [5, 5.41) is 17.6. The average Bonchev–Trinajstić information content (AvgIpc) is 2.18. The Morgan fingerprint density at radius 3 is 2.79 bits per heavy atom. The summed E-state index contributed by atoms with van der Waals surface area (Å²) in [5.41, 5.74) is 5.26. The van der Waals surface area contributed by atoms with Gasteiger partial charge in [-0.1, -0.05) is 6.07 Å². The zero-order chi connectivity index (χ0) is 10.8. The van der Waals surface area contributed by atoms with E-state index >= 15 is 0 Å². The van der Waals surface area contributed by atoms with Gasteiger partial charge in [0.25, 0.3) is 0 Å². The van der Waals surface area contributed by atoms with Crippen LogP contribution < -0.4 is 5.73 Å². The lowest BCUT2D eigenvalue weighted by atomic mass is 9.93. The van der Waals surface area contributed by atoms with E-state index in [1.807, 2.05) is 0 Å². The topological polar surface area (TPSA) is 70.0 Å². The summed E-state index contributed by atoms with van der Waals surface area (Å²) in [7, 11) is 0. The molecule has 0 spiro atoms. The summed E-state index contributed by atoms with van der Waals surface area (Å²) in [6.45, 7) is 1.35. The van der Waals surface area contributed by atoms with E-state index in [1.165, 1.54) is 18.2 Å². The fourth-order valence-electron chi connectivity index (χ4n) is 1.06. The molecule has 0 bridgehead atoms. The molecule has 0 heterocycles. The smallest absolute Gasteiger partial charge is 0.140 e. The predicted octanol–water partition coefficient (Wildman–Crippen LogP) is 0.864. The van der Waals surface area contributed by atoms with Crippen molar-refractivity contribution in [2.24, 2.45) is 5.73 Å². The maximum Gasteiger partial charge on any atom is 0.140 e. The predicted molar refractivity (Wildman–Crippen MR) is 49.7 cm³/mol. The normalized spacial score (nSPS) is 14.5. The molecule has 1 aromatic rings. The second kappa shape index (κ2) is 3.74. The second-order valence-electron chi connectivity index (χ2n) is 3.38. The van der Waals surface area contributed by atoms with Gasteiger partial charge in [0, 0.05) is 0 Å². The minimum atomic E-state index is -0.945. The molecule has 0 aliphatic carbocycles. The Hall–Kier alpha value is -1.44. The quantitative estimate of drug-likeness (QED) is 0.733. The van der Waals surface area contributed by atoms with E-state index in [0.29, 0.717) is 5.56 Å². The standard InChI is InChI=1S/C10H11FN2O/c1-10(13,6-14)8-2-3-9(11)7(4-8)5-12/h2-4,14H,6,13H2,1H3/t10-/m0/s1.